The van der Waals surface area contributed by atoms with E-state index in [9.17, 15) is 22.8 Å². The van der Waals surface area contributed by atoms with Crippen LogP contribution in [0.3, 0.4) is 0 Å². The molecular formula is C20H15F3N4O3. The maximum atomic E-state index is 13.2. The number of carbonyl (C=O) groups is 2. The Balaban J connectivity index is 1.82. The van der Waals surface area contributed by atoms with Gasteiger partial charge in [-0.2, -0.15) is 13.2 Å². The normalized spacial score (nSPS) is 10.9. The second-order valence-corrected chi connectivity index (χ2v) is 5.97. The molecule has 0 aliphatic rings. The second kappa shape index (κ2) is 8.60. The van der Waals surface area contributed by atoms with Crippen molar-refractivity contribution in [3.63, 3.8) is 0 Å². The molecule has 0 spiro atoms. The maximum absolute atomic E-state index is 13.2. The third kappa shape index (κ3) is 5.10. The Labute approximate surface area is 168 Å². The van der Waals surface area contributed by atoms with E-state index < -0.39 is 29.8 Å². The van der Waals surface area contributed by atoms with E-state index in [1.165, 1.54) is 19.2 Å². The molecule has 0 unspecified atom stereocenters. The Hall–Kier alpha value is -3.95. The largest absolute Gasteiger partial charge is 0.497 e. The van der Waals surface area contributed by atoms with Gasteiger partial charge in [-0.1, -0.05) is 36.4 Å². The Morgan fingerprint density at radius 3 is 2.37 bits per heavy atom. The smallest absolute Gasteiger partial charge is 0.433 e. The molecule has 1 aromatic heterocycles. The van der Waals surface area contributed by atoms with Gasteiger partial charge in [-0.05, 0) is 24.3 Å². The van der Waals surface area contributed by atoms with Crippen molar-refractivity contribution < 1.29 is 27.5 Å². The minimum Gasteiger partial charge on any atom is -0.497 e. The monoisotopic (exact) mass is 416 g/mol. The molecule has 0 saturated carbocycles. The second-order valence-electron chi connectivity index (χ2n) is 5.97. The highest BCUT2D eigenvalue weighted by molar-refractivity contribution is 6.07. The number of alkyl halides is 3. The fourth-order valence-electron chi connectivity index (χ4n) is 2.48. The summed E-state index contributed by atoms with van der Waals surface area (Å²) in [6, 6.07) is 13.8. The highest BCUT2D eigenvalue weighted by Crippen LogP contribution is 2.31. The molecule has 2 N–H and O–H groups in total. The molecule has 0 radical (unpaired) electrons. The number of halogens is 3. The van der Waals surface area contributed by atoms with E-state index in [1.807, 2.05) is 5.32 Å². The van der Waals surface area contributed by atoms with E-state index in [-0.39, 0.29) is 11.3 Å². The van der Waals surface area contributed by atoms with Gasteiger partial charge in [0.25, 0.3) is 5.91 Å². The van der Waals surface area contributed by atoms with E-state index >= 15 is 0 Å². The summed E-state index contributed by atoms with van der Waals surface area (Å²) in [5.74, 6) is -0.974. The molecule has 0 atom stereocenters. The molecule has 154 valence electrons. The number of nitrogens with zero attached hydrogens (tertiary/aromatic N) is 2. The van der Waals surface area contributed by atoms with Crippen LogP contribution in [0.2, 0.25) is 0 Å². The minimum atomic E-state index is -4.75. The Kier molecular flexibility index (Phi) is 5.95. The maximum Gasteiger partial charge on any atom is 0.433 e. The SMILES string of the molecule is COc1cccc(C(=O)NC(=O)Nc2nc(-c3ccccc3)cc(C(F)(F)F)n2)c1. The zero-order valence-corrected chi connectivity index (χ0v) is 15.5. The first-order valence-electron chi connectivity index (χ1n) is 8.54. The van der Waals surface area contributed by atoms with Crippen LogP contribution in [-0.4, -0.2) is 29.0 Å². The lowest BCUT2D eigenvalue weighted by Gasteiger charge is -2.12. The van der Waals surface area contributed by atoms with Crippen LogP contribution in [0.25, 0.3) is 11.3 Å². The van der Waals surface area contributed by atoms with Gasteiger partial charge in [-0.15, -0.1) is 0 Å². The Bertz CT molecular complexity index is 1070. The lowest BCUT2D eigenvalue weighted by Crippen LogP contribution is -2.35. The quantitative estimate of drug-likeness (QED) is 0.667. The summed E-state index contributed by atoms with van der Waals surface area (Å²) >= 11 is 0. The average molecular weight is 416 g/mol. The van der Waals surface area contributed by atoms with Gasteiger partial charge in [0.05, 0.1) is 12.8 Å². The van der Waals surface area contributed by atoms with Crippen molar-refractivity contribution in [2.75, 3.05) is 12.4 Å². The first kappa shape index (κ1) is 20.8. The first-order valence-corrected chi connectivity index (χ1v) is 8.54. The first-order chi connectivity index (χ1) is 14.3. The summed E-state index contributed by atoms with van der Waals surface area (Å²) in [5, 5.41) is 4.08. The van der Waals surface area contributed by atoms with Crippen LogP contribution in [0.15, 0.2) is 60.7 Å². The summed E-state index contributed by atoms with van der Waals surface area (Å²) in [5.41, 5.74) is -0.737. The van der Waals surface area contributed by atoms with Crippen molar-refractivity contribution in [3.05, 3.63) is 71.9 Å². The van der Waals surface area contributed by atoms with Crippen molar-refractivity contribution in [3.8, 4) is 17.0 Å². The van der Waals surface area contributed by atoms with E-state index in [4.69, 9.17) is 4.74 Å². The summed E-state index contributed by atoms with van der Waals surface area (Å²) in [4.78, 5) is 31.6. The fraction of sp³-hybridized carbons (Fsp3) is 0.100. The third-order valence-corrected chi connectivity index (χ3v) is 3.87. The number of hydrogen-bond acceptors (Lipinski definition) is 5. The van der Waals surface area contributed by atoms with Crippen LogP contribution in [-0.2, 0) is 6.18 Å². The molecule has 3 amide bonds. The van der Waals surface area contributed by atoms with E-state index in [1.54, 1.807) is 42.5 Å². The Morgan fingerprint density at radius 1 is 0.967 bits per heavy atom. The number of rotatable bonds is 4. The molecular weight excluding hydrogens is 401 g/mol. The molecule has 2 aromatic carbocycles. The number of carbonyl (C=O) groups excluding carboxylic acids is 2. The minimum absolute atomic E-state index is 0.0349. The zero-order chi connectivity index (χ0) is 21.7. The van der Waals surface area contributed by atoms with Crippen LogP contribution in [0.4, 0.5) is 23.9 Å². The number of amides is 3. The van der Waals surface area contributed by atoms with Crippen LogP contribution in [0.1, 0.15) is 16.1 Å². The van der Waals surface area contributed by atoms with Crippen LogP contribution in [0, 0.1) is 0 Å². The highest BCUT2D eigenvalue weighted by atomic mass is 19.4. The molecule has 7 nitrogen and oxygen atoms in total. The fourth-order valence-corrected chi connectivity index (χ4v) is 2.48. The highest BCUT2D eigenvalue weighted by Gasteiger charge is 2.34. The predicted molar refractivity (Wildman–Crippen MR) is 102 cm³/mol. The molecule has 10 heteroatoms. The number of methoxy groups -OCH3 is 1. The van der Waals surface area contributed by atoms with Crippen molar-refractivity contribution in [2.45, 2.75) is 6.18 Å². The van der Waals surface area contributed by atoms with Gasteiger partial charge in [0.15, 0.2) is 5.69 Å². The van der Waals surface area contributed by atoms with Crippen molar-refractivity contribution in [2.24, 2.45) is 0 Å². The number of nitrogens with one attached hydrogen (secondary N) is 2. The topological polar surface area (TPSA) is 93.2 Å². The molecule has 0 fully saturated rings. The van der Waals surface area contributed by atoms with Gasteiger partial charge in [0.2, 0.25) is 5.95 Å². The Morgan fingerprint density at radius 2 is 1.70 bits per heavy atom. The molecule has 0 aliphatic carbocycles. The standard InChI is InChI=1S/C20H15F3N4O3/c1-30-14-9-5-8-13(10-14)17(28)26-19(29)27-18-24-15(12-6-3-2-4-7-12)11-16(25-18)20(21,22)23/h2-11H,1H3,(H2,24,25,26,27,28,29). The number of ether oxygens (including phenoxy) is 1. The van der Waals surface area contributed by atoms with E-state index in [0.717, 1.165) is 6.07 Å². The van der Waals surface area contributed by atoms with E-state index in [2.05, 4.69) is 15.3 Å². The molecule has 30 heavy (non-hydrogen) atoms. The predicted octanol–water partition coefficient (Wildman–Crippen LogP) is 4.13. The number of imide groups is 1. The molecule has 1 heterocycles. The number of aromatic nitrogens is 2. The van der Waals surface area contributed by atoms with Crippen LogP contribution in [0.5, 0.6) is 5.75 Å². The van der Waals surface area contributed by atoms with Gasteiger partial charge in [-0.3, -0.25) is 15.4 Å². The molecule has 0 aliphatic heterocycles. The zero-order valence-electron chi connectivity index (χ0n) is 15.5. The third-order valence-electron chi connectivity index (χ3n) is 3.87. The summed E-state index contributed by atoms with van der Waals surface area (Å²) in [7, 11) is 1.42. The van der Waals surface area contributed by atoms with Gasteiger partial charge in [0.1, 0.15) is 5.75 Å². The van der Waals surface area contributed by atoms with Crippen molar-refractivity contribution in [1.29, 1.82) is 0 Å². The lowest BCUT2D eigenvalue weighted by molar-refractivity contribution is -0.141. The average Bonchev–Trinajstić information content (AvgIpc) is 2.73. The molecule has 0 bridgehead atoms. The van der Waals surface area contributed by atoms with Crippen molar-refractivity contribution >= 4 is 17.9 Å². The summed E-state index contributed by atoms with van der Waals surface area (Å²) in [6.07, 6.45) is -4.75. The van der Waals surface area contributed by atoms with Gasteiger partial charge in [0, 0.05) is 11.1 Å². The number of urea groups is 1. The van der Waals surface area contributed by atoms with Crippen molar-refractivity contribution in [1.82, 2.24) is 15.3 Å². The molecule has 3 aromatic rings. The van der Waals surface area contributed by atoms with Gasteiger partial charge in [-0.25, -0.2) is 14.8 Å². The van der Waals surface area contributed by atoms with Crippen LogP contribution < -0.4 is 15.4 Å². The molecule has 0 saturated heterocycles. The number of hydrogen-bond donors (Lipinski definition) is 2. The number of benzene rings is 2. The lowest BCUT2D eigenvalue weighted by atomic mass is 10.1. The van der Waals surface area contributed by atoms with Gasteiger partial charge >= 0.3 is 12.2 Å². The molecule has 3 rings (SSSR count). The van der Waals surface area contributed by atoms with Gasteiger partial charge < -0.3 is 4.74 Å². The number of anilines is 1. The van der Waals surface area contributed by atoms with Crippen LogP contribution >= 0.6 is 0 Å². The summed E-state index contributed by atoms with van der Waals surface area (Å²) in [6.45, 7) is 0. The van der Waals surface area contributed by atoms with E-state index in [0.29, 0.717) is 11.3 Å². The summed E-state index contributed by atoms with van der Waals surface area (Å²) < 4.78 is 44.7.